The SMILES string of the molecule is Brc1ccc(Br)s1.CC(=O)c1cc2c(Br)sc(Br)c2s1.CCCCCCCCCCCCc1c2c[c]([Sn]([CH3])([CH3])[CH3])sc2c(CCCCCCCCCCCC)c2cc(C)sc12.CCCCCCCCCCCCc1c2cc(-c3sc(C)c4sc(C(C)=O)cc34)sc2c(CCCCCCCCCCCC)c2cc(-c3ccc(Br)s3)sc12. The van der Waals surface area contributed by atoms with E-state index in [2.05, 4.69) is 201 Å². The first-order valence-electron chi connectivity index (χ1n) is 44.2. The first-order chi connectivity index (χ1) is 55.6. The molecule has 12 rings (SSSR count). The second-order valence-electron chi connectivity index (χ2n) is 33.2. The van der Waals surface area contributed by atoms with Gasteiger partial charge in [-0.15, -0.1) is 90.7 Å². The van der Waals surface area contributed by atoms with Crippen LogP contribution in [0.4, 0.5) is 0 Å². The van der Waals surface area contributed by atoms with Crippen LogP contribution in [0.1, 0.15) is 350 Å². The summed E-state index contributed by atoms with van der Waals surface area (Å²) in [4.78, 5) is 41.4. The molecule has 0 aliphatic rings. The summed E-state index contributed by atoms with van der Waals surface area (Å²) >= 11 is 33.9. The molecule has 0 N–H and O–H groups in total. The fourth-order valence-corrected chi connectivity index (χ4v) is 36.7. The van der Waals surface area contributed by atoms with Crippen LogP contribution >= 0.6 is 193 Å². The van der Waals surface area contributed by atoms with Gasteiger partial charge in [0, 0.05) is 44.4 Å². The number of thiophene rings is 10. The van der Waals surface area contributed by atoms with Crippen molar-refractivity contribution in [1.29, 1.82) is 0 Å². The molecule has 10 aromatic heterocycles. The van der Waals surface area contributed by atoms with Crippen molar-refractivity contribution in [3.8, 4) is 19.5 Å². The summed E-state index contributed by atoms with van der Waals surface area (Å²) < 4.78 is 16.3. The van der Waals surface area contributed by atoms with E-state index in [1.54, 1.807) is 93.2 Å². The van der Waals surface area contributed by atoms with E-state index in [9.17, 15) is 9.59 Å². The molecule has 18 heteroatoms. The van der Waals surface area contributed by atoms with E-state index in [4.69, 9.17) is 0 Å². The molecule has 0 radical (unpaired) electrons. The van der Waals surface area contributed by atoms with Crippen LogP contribution in [0, 0.1) is 13.8 Å². The predicted molar refractivity (Wildman–Crippen MR) is 554 cm³/mol. The summed E-state index contributed by atoms with van der Waals surface area (Å²) in [6, 6.07) is 23.0. The minimum atomic E-state index is -2.13. The van der Waals surface area contributed by atoms with E-state index in [0.29, 0.717) is 0 Å². The molecule has 0 amide bonds. The topological polar surface area (TPSA) is 34.1 Å². The maximum absolute atomic E-state index is 12.4. The molecule has 0 aliphatic carbocycles. The third kappa shape index (κ3) is 30.4. The Bertz CT molecular complexity index is 4680. The van der Waals surface area contributed by atoms with Gasteiger partial charge in [-0.25, -0.2) is 0 Å². The number of ketones is 2. The van der Waals surface area contributed by atoms with Crippen molar-refractivity contribution in [1.82, 2.24) is 0 Å². The summed E-state index contributed by atoms with van der Waals surface area (Å²) in [5.74, 6) is 0.305. The third-order valence-electron chi connectivity index (χ3n) is 22.4. The second-order valence-corrected chi connectivity index (χ2v) is 66.3. The number of carbonyl (C=O) groups excluding carboxylic acids is 2. The zero-order valence-corrected chi connectivity index (χ0v) is 90.1. The Kier molecular flexibility index (Phi) is 44.9. The zero-order chi connectivity index (χ0) is 82.2. The van der Waals surface area contributed by atoms with E-state index in [0.717, 1.165) is 40.3 Å². The molecule has 0 atom stereocenters. The van der Waals surface area contributed by atoms with Crippen molar-refractivity contribution in [3.63, 3.8) is 0 Å². The van der Waals surface area contributed by atoms with Gasteiger partial charge in [0.25, 0.3) is 0 Å². The van der Waals surface area contributed by atoms with Gasteiger partial charge in [-0.05, 0) is 197 Å². The number of hydrogen-bond acceptors (Lipinski definition) is 12. The molecule has 0 fully saturated rings. The van der Waals surface area contributed by atoms with Crippen molar-refractivity contribution in [3.05, 3.63) is 121 Å². The Morgan fingerprint density at radius 2 is 0.635 bits per heavy atom. The first-order valence-corrected chi connectivity index (χ1v) is 66.3. The van der Waals surface area contributed by atoms with Crippen molar-refractivity contribution in [2.75, 3.05) is 0 Å². The molecule has 0 spiro atoms. The summed E-state index contributed by atoms with van der Waals surface area (Å²) in [6.45, 7) is 17.1. The summed E-state index contributed by atoms with van der Waals surface area (Å²) in [5, 5.41) is 8.70. The van der Waals surface area contributed by atoms with Gasteiger partial charge in [0.15, 0.2) is 11.6 Å². The minimum Gasteiger partial charge on any atom is -0.294 e. The maximum atomic E-state index is 12.4. The Labute approximate surface area is 779 Å². The normalized spacial score (nSPS) is 11.9. The minimum absolute atomic E-state index is 0.130. The molecule has 0 saturated carbocycles. The summed E-state index contributed by atoms with van der Waals surface area (Å²) in [5.41, 5.74) is 6.58. The van der Waals surface area contributed by atoms with Gasteiger partial charge in [0.2, 0.25) is 0 Å². The van der Waals surface area contributed by atoms with Crippen molar-refractivity contribution in [2.24, 2.45) is 0 Å². The van der Waals surface area contributed by atoms with E-state index in [-0.39, 0.29) is 11.6 Å². The number of benzene rings is 2. The fraction of sp³-hybridized carbons (Fsp3) is 0.567. The monoisotopic (exact) mass is 2160 g/mol. The number of Topliss-reactive ketones (excluding diaryl/α,β-unsaturated/α-hetero) is 2. The smallest absolute Gasteiger partial charge is 0.169 e. The molecule has 630 valence electrons. The van der Waals surface area contributed by atoms with Crippen LogP contribution in [0.5, 0.6) is 0 Å². The number of rotatable bonds is 49. The van der Waals surface area contributed by atoms with Crippen LogP contribution in [0.3, 0.4) is 0 Å². The van der Waals surface area contributed by atoms with E-state index >= 15 is 0 Å². The number of aryl methyl sites for hydroxylation is 6. The Morgan fingerprint density at radius 1 is 0.296 bits per heavy atom. The average molecular weight is 2170 g/mol. The summed E-state index contributed by atoms with van der Waals surface area (Å²) in [7, 11) is 0. The predicted octanol–water partition coefficient (Wildman–Crippen LogP) is 40.8. The van der Waals surface area contributed by atoms with Gasteiger partial charge < -0.3 is 0 Å². The molecule has 10 heterocycles. The summed E-state index contributed by atoms with van der Waals surface area (Å²) in [6.07, 6.45) is 60.6. The number of unbranched alkanes of at least 4 members (excludes halogenated alkanes) is 36. The zero-order valence-electron chi connectivity index (χ0n) is 71.2. The van der Waals surface area contributed by atoms with Crippen molar-refractivity contribution < 1.29 is 9.59 Å². The van der Waals surface area contributed by atoms with Crippen LogP contribution in [-0.2, 0) is 25.7 Å². The van der Waals surface area contributed by atoms with Gasteiger partial charge in [-0.3, -0.25) is 9.59 Å². The molecule has 0 unspecified atom stereocenters. The van der Waals surface area contributed by atoms with Gasteiger partial charge >= 0.3 is 217 Å². The Hall–Kier alpha value is -0.461. The van der Waals surface area contributed by atoms with E-state index in [1.165, 1.54) is 352 Å². The van der Waals surface area contributed by atoms with Crippen LogP contribution in [0.2, 0.25) is 14.8 Å². The molecular weight excluding hydrogens is 2040 g/mol. The number of carbonyl (C=O) groups is 2. The van der Waals surface area contributed by atoms with Crippen LogP contribution in [0.25, 0.3) is 80.0 Å². The molecule has 0 bridgehead atoms. The van der Waals surface area contributed by atoms with Gasteiger partial charge in [-0.2, -0.15) is 0 Å². The van der Waals surface area contributed by atoms with Crippen molar-refractivity contribution in [2.45, 2.75) is 353 Å². The maximum Gasteiger partial charge on any atom is 0.169 e. The largest absolute Gasteiger partial charge is 0.294 e. The molecule has 115 heavy (non-hydrogen) atoms. The number of halogens is 5. The second kappa shape index (κ2) is 52.5. The van der Waals surface area contributed by atoms with E-state index in [1.807, 2.05) is 63.5 Å². The molecule has 12 aromatic rings. The molecule has 0 aliphatic heterocycles. The molecule has 0 saturated heterocycles. The average Bonchev–Trinajstić information content (AvgIpc) is 1.58. The van der Waals surface area contributed by atoms with Crippen molar-refractivity contribution >= 4 is 286 Å². The van der Waals surface area contributed by atoms with Crippen LogP contribution in [0.15, 0.2) is 79.6 Å². The van der Waals surface area contributed by atoms with Gasteiger partial charge in [-0.1, -0.05) is 182 Å². The quantitative estimate of drug-likeness (QED) is 0.0216. The van der Waals surface area contributed by atoms with Crippen LogP contribution in [-0.4, -0.2) is 29.9 Å². The third-order valence-corrected chi connectivity index (χ3v) is 47.5. The van der Waals surface area contributed by atoms with Crippen LogP contribution < -0.4 is 2.89 Å². The Morgan fingerprint density at radius 3 is 1.01 bits per heavy atom. The van der Waals surface area contributed by atoms with Gasteiger partial charge in [0.05, 0.1) is 38.3 Å². The molecular formula is C97H131Br5O2S10Sn. The molecule has 2 nitrogen and oxygen atoms in total. The first kappa shape index (κ1) is 98.3. The fourth-order valence-electron chi connectivity index (χ4n) is 15.9. The Balaban J connectivity index is 0.000000215. The number of fused-ring (bicyclic) bond motifs is 6. The molecule has 2 aromatic carbocycles. The van der Waals surface area contributed by atoms with E-state index < -0.39 is 18.4 Å². The van der Waals surface area contributed by atoms with Gasteiger partial charge in [0.1, 0.15) is 0 Å². The standard InChI is InChI=1S/C47H61BrOS5.C35H55S2.C8H4Br2OS2.C4H2Br2S.3CH3.Sn/c1-5-7-9-11-13-15-17-19-21-23-25-34-36-29-41(39-27-28-43(48)51-39)53-45(36)35(26-24-22-20-18-16-14-12-10-8-6-2)37-30-42(54-46(34)37)47-38-31-40(32(3)49)52-44(38)33(4)50-47;1-4-6-8-10-12-14-16-18-20-22-24-30-32-26-27-36-34(32)31(33-28-29(3)37-35(30)33)25-23-21-19-17-15-13-11-9-7-5-2;1-3(11)5-2-4-6(12-5)8(10)13-7(4)9;5-3-1-2-4(6)7-3;;;;/h27-31H,5-26H2,1-4H3;26,28H,4-25H2,1-3H3;2H,1H3;1-2H;3*1H3;. The number of hydrogen-bond donors (Lipinski definition) is 0.